The van der Waals surface area contributed by atoms with Gasteiger partial charge < -0.3 is 0 Å². The van der Waals surface area contributed by atoms with Gasteiger partial charge in [-0.05, 0) is 58.1 Å². The molecule has 2 rings (SSSR count). The first-order chi connectivity index (χ1) is 11.4. The fraction of sp³-hybridized carbons (Fsp3) is 0.455. The molecule has 130 valence electrons. The Morgan fingerprint density at radius 3 is 2.17 bits per heavy atom. The summed E-state index contributed by atoms with van der Waals surface area (Å²) in [5, 5.41) is 0. The highest BCUT2D eigenvalue weighted by Crippen LogP contribution is 2.26. The van der Waals surface area contributed by atoms with Gasteiger partial charge in [0.05, 0.1) is 5.60 Å². The number of hydrogen-bond acceptors (Lipinski definition) is 2. The molecule has 2 nitrogen and oxygen atoms in total. The van der Waals surface area contributed by atoms with Gasteiger partial charge in [0, 0.05) is 0 Å². The first-order valence-electron chi connectivity index (χ1n) is 8.89. The molecule has 24 heavy (non-hydrogen) atoms. The number of unbranched alkanes of at least 4 members (excludes halogenated alkanes) is 1. The molecule has 0 saturated carbocycles. The molecule has 0 saturated heterocycles. The van der Waals surface area contributed by atoms with Crippen LogP contribution in [0.15, 0.2) is 54.6 Å². The van der Waals surface area contributed by atoms with Crippen LogP contribution >= 0.6 is 0 Å². The van der Waals surface area contributed by atoms with E-state index in [9.17, 15) is 0 Å². The molecule has 0 amide bonds. The van der Waals surface area contributed by atoms with E-state index in [2.05, 4.69) is 61.5 Å². The summed E-state index contributed by atoms with van der Waals surface area (Å²) >= 11 is 0. The lowest BCUT2D eigenvalue weighted by Crippen LogP contribution is -2.21. The molecule has 0 heterocycles. The van der Waals surface area contributed by atoms with Crippen molar-refractivity contribution in [1.82, 2.24) is 0 Å². The van der Waals surface area contributed by atoms with Crippen LogP contribution in [-0.2, 0) is 16.2 Å². The minimum absolute atomic E-state index is 0.0133. The third kappa shape index (κ3) is 6.86. The van der Waals surface area contributed by atoms with Gasteiger partial charge >= 0.3 is 0 Å². The summed E-state index contributed by atoms with van der Waals surface area (Å²) < 4.78 is 0. The fourth-order valence-electron chi connectivity index (χ4n) is 2.56. The van der Waals surface area contributed by atoms with Gasteiger partial charge in [-0.15, -0.1) is 0 Å². The summed E-state index contributed by atoms with van der Waals surface area (Å²) in [5.74, 6) is 0. The van der Waals surface area contributed by atoms with E-state index in [0.29, 0.717) is 0 Å². The number of benzene rings is 2. The van der Waals surface area contributed by atoms with Crippen molar-refractivity contribution < 1.29 is 9.78 Å². The van der Waals surface area contributed by atoms with Crippen molar-refractivity contribution in [1.29, 1.82) is 0 Å². The standard InChI is InChI=1S/C22H30O2/c1-18-14-16-20(17-15-18)21(23-24-22(2,3)4)13-9-8-12-19-10-6-5-7-11-19/h5-7,10-11,14-17,21H,8-9,12-13H2,1-4H3. The summed E-state index contributed by atoms with van der Waals surface area (Å²) in [5.41, 5.74) is 3.55. The third-order valence-corrected chi connectivity index (χ3v) is 3.89. The molecule has 1 unspecified atom stereocenters. The van der Waals surface area contributed by atoms with E-state index >= 15 is 0 Å². The van der Waals surface area contributed by atoms with Crippen LogP contribution in [0.4, 0.5) is 0 Å². The van der Waals surface area contributed by atoms with Crippen molar-refractivity contribution >= 4 is 0 Å². The molecular formula is C22H30O2. The zero-order valence-electron chi connectivity index (χ0n) is 15.4. The lowest BCUT2D eigenvalue weighted by atomic mass is 10.0. The van der Waals surface area contributed by atoms with Crippen LogP contribution in [0.5, 0.6) is 0 Å². The van der Waals surface area contributed by atoms with Gasteiger partial charge in [-0.25, -0.2) is 9.78 Å². The number of hydrogen-bond donors (Lipinski definition) is 0. The van der Waals surface area contributed by atoms with Crippen LogP contribution in [0.3, 0.4) is 0 Å². The maximum Gasteiger partial charge on any atom is 0.118 e. The molecule has 0 N–H and O–H groups in total. The highest BCUT2D eigenvalue weighted by molar-refractivity contribution is 5.23. The second-order valence-corrected chi connectivity index (χ2v) is 7.42. The summed E-state index contributed by atoms with van der Waals surface area (Å²) in [4.78, 5) is 11.4. The molecule has 0 spiro atoms. The Kier molecular flexibility index (Phi) is 7.01. The van der Waals surface area contributed by atoms with Gasteiger partial charge in [0.1, 0.15) is 6.10 Å². The highest BCUT2D eigenvalue weighted by Gasteiger charge is 2.18. The monoisotopic (exact) mass is 326 g/mol. The van der Waals surface area contributed by atoms with E-state index in [0.717, 1.165) is 25.7 Å². The largest absolute Gasteiger partial charge is 0.230 e. The Bertz CT molecular complexity index is 582. The van der Waals surface area contributed by atoms with Gasteiger partial charge in [0.25, 0.3) is 0 Å². The van der Waals surface area contributed by atoms with Crippen LogP contribution in [0, 0.1) is 6.92 Å². The maximum atomic E-state index is 5.78. The van der Waals surface area contributed by atoms with Crippen LogP contribution in [0.2, 0.25) is 0 Å². The Labute approximate surface area is 146 Å². The van der Waals surface area contributed by atoms with E-state index in [1.54, 1.807) is 0 Å². The Morgan fingerprint density at radius 1 is 0.875 bits per heavy atom. The second kappa shape index (κ2) is 9.00. The predicted molar refractivity (Wildman–Crippen MR) is 99.8 cm³/mol. The molecule has 0 fully saturated rings. The predicted octanol–water partition coefficient (Wildman–Crippen LogP) is 6.20. The zero-order valence-corrected chi connectivity index (χ0v) is 15.4. The summed E-state index contributed by atoms with van der Waals surface area (Å²) in [6, 6.07) is 19.2. The van der Waals surface area contributed by atoms with Gasteiger partial charge in [-0.1, -0.05) is 66.6 Å². The average molecular weight is 326 g/mol. The van der Waals surface area contributed by atoms with E-state index in [4.69, 9.17) is 9.78 Å². The first kappa shape index (κ1) is 18.7. The molecule has 0 aliphatic heterocycles. The fourth-order valence-corrected chi connectivity index (χ4v) is 2.56. The summed E-state index contributed by atoms with van der Waals surface area (Å²) in [6.07, 6.45) is 4.33. The van der Waals surface area contributed by atoms with Crippen LogP contribution in [-0.4, -0.2) is 5.60 Å². The van der Waals surface area contributed by atoms with Crippen molar-refractivity contribution in [3.8, 4) is 0 Å². The quantitative estimate of drug-likeness (QED) is 0.327. The topological polar surface area (TPSA) is 18.5 Å². The molecule has 0 aliphatic carbocycles. The van der Waals surface area contributed by atoms with Gasteiger partial charge in [-0.3, -0.25) is 0 Å². The molecule has 0 bridgehead atoms. The molecular weight excluding hydrogens is 296 g/mol. The molecule has 2 aromatic rings. The summed E-state index contributed by atoms with van der Waals surface area (Å²) in [7, 11) is 0. The Morgan fingerprint density at radius 2 is 1.54 bits per heavy atom. The lowest BCUT2D eigenvalue weighted by molar-refractivity contribution is -0.377. The van der Waals surface area contributed by atoms with Crippen molar-refractivity contribution in [2.75, 3.05) is 0 Å². The second-order valence-electron chi connectivity index (χ2n) is 7.42. The Hall–Kier alpha value is -1.64. The molecule has 2 heteroatoms. The van der Waals surface area contributed by atoms with Crippen molar-refractivity contribution in [3.63, 3.8) is 0 Å². The molecule has 0 aromatic heterocycles. The smallest absolute Gasteiger partial charge is 0.118 e. The van der Waals surface area contributed by atoms with Crippen molar-refractivity contribution in [2.45, 2.75) is 65.1 Å². The SMILES string of the molecule is Cc1ccc(C(CCCCc2ccccc2)OOC(C)(C)C)cc1. The minimum atomic E-state index is -0.299. The number of rotatable bonds is 8. The normalized spacial score (nSPS) is 13.0. The van der Waals surface area contributed by atoms with E-state index in [1.165, 1.54) is 16.7 Å². The van der Waals surface area contributed by atoms with Crippen molar-refractivity contribution in [3.05, 3.63) is 71.3 Å². The average Bonchev–Trinajstić information content (AvgIpc) is 2.55. The summed E-state index contributed by atoms with van der Waals surface area (Å²) in [6.45, 7) is 8.13. The van der Waals surface area contributed by atoms with Crippen LogP contribution in [0.1, 0.15) is 62.8 Å². The third-order valence-electron chi connectivity index (χ3n) is 3.89. The lowest BCUT2D eigenvalue weighted by Gasteiger charge is -2.23. The number of aryl methyl sites for hydroxylation is 2. The van der Waals surface area contributed by atoms with Crippen LogP contribution in [0.25, 0.3) is 0 Å². The van der Waals surface area contributed by atoms with E-state index in [1.807, 2.05) is 20.8 Å². The molecule has 0 aliphatic rings. The van der Waals surface area contributed by atoms with Crippen molar-refractivity contribution in [2.24, 2.45) is 0 Å². The van der Waals surface area contributed by atoms with E-state index < -0.39 is 0 Å². The minimum Gasteiger partial charge on any atom is -0.230 e. The van der Waals surface area contributed by atoms with Gasteiger partial charge in [0.15, 0.2) is 0 Å². The first-order valence-corrected chi connectivity index (χ1v) is 8.89. The molecule has 0 radical (unpaired) electrons. The van der Waals surface area contributed by atoms with E-state index in [-0.39, 0.29) is 11.7 Å². The van der Waals surface area contributed by atoms with Gasteiger partial charge in [-0.2, -0.15) is 0 Å². The zero-order chi connectivity index (χ0) is 17.4. The Balaban J connectivity index is 1.88. The maximum absolute atomic E-state index is 5.78. The molecule has 1 atom stereocenters. The van der Waals surface area contributed by atoms with Gasteiger partial charge in [0.2, 0.25) is 0 Å². The van der Waals surface area contributed by atoms with Crippen LogP contribution < -0.4 is 0 Å². The highest BCUT2D eigenvalue weighted by atomic mass is 17.2. The molecule has 2 aromatic carbocycles.